The van der Waals surface area contributed by atoms with Crippen LogP contribution in [0.5, 0.6) is 0 Å². The summed E-state index contributed by atoms with van der Waals surface area (Å²) in [6, 6.07) is 8.16. The van der Waals surface area contributed by atoms with Gasteiger partial charge in [-0.15, -0.1) is 0 Å². The number of hydrogen-bond donors (Lipinski definition) is 2. The monoisotopic (exact) mass is 207 g/mol. The summed E-state index contributed by atoms with van der Waals surface area (Å²) in [7, 11) is 0. The lowest BCUT2D eigenvalue weighted by Gasteiger charge is -2.32. The predicted octanol–water partition coefficient (Wildman–Crippen LogP) is 1.19. The summed E-state index contributed by atoms with van der Waals surface area (Å²) < 4.78 is 5.67. The lowest BCUT2D eigenvalue weighted by molar-refractivity contribution is -0.0188. The van der Waals surface area contributed by atoms with Crippen molar-refractivity contribution in [2.24, 2.45) is 5.73 Å². The Kier molecular flexibility index (Phi) is 3.36. The summed E-state index contributed by atoms with van der Waals surface area (Å²) >= 11 is 0. The van der Waals surface area contributed by atoms with Crippen LogP contribution in [0, 0.1) is 0 Å². The van der Waals surface area contributed by atoms with Gasteiger partial charge in [-0.2, -0.15) is 0 Å². The molecule has 1 saturated carbocycles. The Labute approximate surface area is 89.9 Å². The second-order valence-corrected chi connectivity index (χ2v) is 4.14. The molecule has 3 nitrogen and oxygen atoms in total. The third kappa shape index (κ3) is 2.78. The zero-order valence-electron chi connectivity index (χ0n) is 8.73. The fourth-order valence-corrected chi connectivity index (χ4v) is 1.70. The average Bonchev–Trinajstić information content (AvgIpc) is 2.23. The molecule has 1 aliphatic carbocycles. The molecule has 0 amide bonds. The van der Waals surface area contributed by atoms with Crippen LogP contribution in [0.4, 0.5) is 0 Å². The quantitative estimate of drug-likeness (QED) is 0.779. The summed E-state index contributed by atoms with van der Waals surface area (Å²) in [5, 5.41) is 8.88. The normalized spacial score (nSPS) is 24.9. The van der Waals surface area contributed by atoms with E-state index in [4.69, 9.17) is 15.6 Å². The minimum atomic E-state index is 0.0958. The van der Waals surface area contributed by atoms with Gasteiger partial charge in [0, 0.05) is 6.04 Å². The largest absolute Gasteiger partial charge is 0.392 e. The van der Waals surface area contributed by atoms with Crippen molar-refractivity contribution in [2.75, 3.05) is 0 Å². The zero-order chi connectivity index (χ0) is 10.7. The third-order valence-electron chi connectivity index (χ3n) is 2.82. The van der Waals surface area contributed by atoms with Crippen LogP contribution in [0.3, 0.4) is 0 Å². The van der Waals surface area contributed by atoms with Gasteiger partial charge in [-0.1, -0.05) is 24.3 Å². The number of benzene rings is 1. The molecule has 1 fully saturated rings. The van der Waals surface area contributed by atoms with E-state index in [2.05, 4.69) is 0 Å². The summed E-state index contributed by atoms with van der Waals surface area (Å²) in [6.07, 6.45) is 2.31. The predicted molar refractivity (Wildman–Crippen MR) is 58.2 cm³/mol. The van der Waals surface area contributed by atoms with Crippen molar-refractivity contribution < 1.29 is 9.84 Å². The lowest BCUT2D eigenvalue weighted by Crippen LogP contribution is -2.41. The molecular weight excluding hydrogens is 190 g/mol. The van der Waals surface area contributed by atoms with Gasteiger partial charge in [0.1, 0.15) is 0 Å². The molecule has 0 atom stereocenters. The maximum Gasteiger partial charge on any atom is 0.0720 e. The van der Waals surface area contributed by atoms with Crippen LogP contribution in [-0.2, 0) is 18.0 Å². The molecule has 0 bridgehead atoms. The molecule has 82 valence electrons. The highest BCUT2D eigenvalue weighted by molar-refractivity contribution is 5.21. The summed E-state index contributed by atoms with van der Waals surface area (Å²) in [4.78, 5) is 0. The van der Waals surface area contributed by atoms with Crippen LogP contribution in [0.15, 0.2) is 24.3 Å². The first kappa shape index (κ1) is 10.6. The molecule has 0 heterocycles. The molecule has 15 heavy (non-hydrogen) atoms. The van der Waals surface area contributed by atoms with Gasteiger partial charge in [0.05, 0.1) is 19.3 Å². The van der Waals surface area contributed by atoms with Gasteiger partial charge in [-0.25, -0.2) is 0 Å². The fourth-order valence-electron chi connectivity index (χ4n) is 1.70. The Morgan fingerprint density at radius 1 is 1.20 bits per heavy atom. The molecule has 3 heteroatoms. The van der Waals surface area contributed by atoms with Crippen LogP contribution >= 0.6 is 0 Å². The molecule has 0 spiro atoms. The molecule has 0 radical (unpaired) electrons. The molecular formula is C12H17NO2. The standard InChI is InChI=1S/C12H17NO2/c13-11-5-12(6-11)15-8-10-3-1-9(7-14)2-4-10/h1-4,11-12,14H,5-8,13H2. The minimum absolute atomic E-state index is 0.0958. The smallest absolute Gasteiger partial charge is 0.0720 e. The number of hydrogen-bond acceptors (Lipinski definition) is 3. The van der Waals surface area contributed by atoms with Gasteiger partial charge in [0.15, 0.2) is 0 Å². The molecule has 0 aromatic heterocycles. The van der Waals surface area contributed by atoms with Crippen molar-refractivity contribution in [1.29, 1.82) is 0 Å². The number of ether oxygens (including phenoxy) is 1. The number of aliphatic hydroxyl groups is 1. The van der Waals surface area contributed by atoms with Gasteiger partial charge in [0.25, 0.3) is 0 Å². The molecule has 1 aliphatic rings. The highest BCUT2D eigenvalue weighted by Gasteiger charge is 2.26. The van der Waals surface area contributed by atoms with Gasteiger partial charge in [-0.05, 0) is 24.0 Å². The van der Waals surface area contributed by atoms with E-state index in [-0.39, 0.29) is 6.61 Å². The molecule has 0 aliphatic heterocycles. The number of nitrogens with two attached hydrogens (primary N) is 1. The topological polar surface area (TPSA) is 55.5 Å². The summed E-state index contributed by atoms with van der Waals surface area (Å²) in [6.45, 7) is 0.738. The second kappa shape index (κ2) is 4.75. The first-order chi connectivity index (χ1) is 7.28. The van der Waals surface area contributed by atoms with Crippen LogP contribution in [0.1, 0.15) is 24.0 Å². The zero-order valence-corrected chi connectivity index (χ0v) is 8.73. The van der Waals surface area contributed by atoms with Crippen molar-refractivity contribution in [1.82, 2.24) is 0 Å². The van der Waals surface area contributed by atoms with Crippen molar-refractivity contribution in [3.05, 3.63) is 35.4 Å². The van der Waals surface area contributed by atoms with Crippen molar-refractivity contribution in [3.8, 4) is 0 Å². The molecule has 3 N–H and O–H groups in total. The maximum atomic E-state index is 8.88. The van der Waals surface area contributed by atoms with Gasteiger partial charge in [0.2, 0.25) is 0 Å². The van der Waals surface area contributed by atoms with Gasteiger partial charge < -0.3 is 15.6 Å². The van der Waals surface area contributed by atoms with E-state index >= 15 is 0 Å². The lowest BCUT2D eigenvalue weighted by atomic mass is 9.90. The van der Waals surface area contributed by atoms with E-state index in [1.54, 1.807) is 0 Å². The van der Waals surface area contributed by atoms with E-state index in [9.17, 15) is 0 Å². The summed E-state index contributed by atoms with van der Waals surface area (Å²) in [5.41, 5.74) is 7.75. The van der Waals surface area contributed by atoms with Crippen LogP contribution < -0.4 is 5.73 Å². The minimum Gasteiger partial charge on any atom is -0.392 e. The Morgan fingerprint density at radius 3 is 2.33 bits per heavy atom. The van der Waals surface area contributed by atoms with Crippen molar-refractivity contribution >= 4 is 0 Å². The van der Waals surface area contributed by atoms with E-state index in [0.717, 1.165) is 24.0 Å². The Morgan fingerprint density at radius 2 is 1.80 bits per heavy atom. The Bertz CT molecular complexity index is 304. The van der Waals surface area contributed by atoms with Gasteiger partial charge >= 0.3 is 0 Å². The molecule has 2 rings (SSSR count). The van der Waals surface area contributed by atoms with E-state index in [1.165, 1.54) is 0 Å². The Balaban J connectivity index is 1.78. The Hall–Kier alpha value is -0.900. The number of rotatable bonds is 4. The van der Waals surface area contributed by atoms with Crippen LogP contribution in [0.2, 0.25) is 0 Å². The molecule has 1 aromatic rings. The van der Waals surface area contributed by atoms with Crippen molar-refractivity contribution in [2.45, 2.75) is 38.2 Å². The first-order valence-electron chi connectivity index (χ1n) is 5.34. The maximum absolute atomic E-state index is 8.88. The highest BCUT2D eigenvalue weighted by atomic mass is 16.5. The van der Waals surface area contributed by atoms with Crippen LogP contribution in [-0.4, -0.2) is 17.3 Å². The number of aliphatic hydroxyl groups excluding tert-OH is 1. The van der Waals surface area contributed by atoms with Crippen molar-refractivity contribution in [3.63, 3.8) is 0 Å². The highest BCUT2D eigenvalue weighted by Crippen LogP contribution is 2.22. The molecule has 0 saturated heterocycles. The van der Waals surface area contributed by atoms with Gasteiger partial charge in [-0.3, -0.25) is 0 Å². The molecule has 0 unspecified atom stereocenters. The first-order valence-corrected chi connectivity index (χ1v) is 5.34. The van der Waals surface area contributed by atoms with E-state index < -0.39 is 0 Å². The second-order valence-electron chi connectivity index (χ2n) is 4.14. The van der Waals surface area contributed by atoms with E-state index in [0.29, 0.717) is 18.8 Å². The van der Waals surface area contributed by atoms with Crippen LogP contribution in [0.25, 0.3) is 0 Å². The molecule has 1 aromatic carbocycles. The SMILES string of the molecule is NC1CC(OCc2ccc(CO)cc2)C1. The fraction of sp³-hybridized carbons (Fsp3) is 0.500. The average molecular weight is 207 g/mol. The van der Waals surface area contributed by atoms with E-state index in [1.807, 2.05) is 24.3 Å². The third-order valence-corrected chi connectivity index (χ3v) is 2.82. The summed E-state index contributed by atoms with van der Waals surface area (Å²) in [5.74, 6) is 0.